The highest BCUT2D eigenvalue weighted by molar-refractivity contribution is 8.01. The molecule has 0 aromatic heterocycles. The third-order valence-electron chi connectivity index (χ3n) is 3.03. The van der Waals surface area contributed by atoms with Crippen molar-refractivity contribution in [3.05, 3.63) is 0 Å². The summed E-state index contributed by atoms with van der Waals surface area (Å²) in [6.45, 7) is 4.41. The molecule has 0 unspecified atom stereocenters. The van der Waals surface area contributed by atoms with Gasteiger partial charge in [0.1, 0.15) is 0 Å². The van der Waals surface area contributed by atoms with E-state index in [9.17, 15) is 0 Å². The first-order valence-electron chi connectivity index (χ1n) is 5.04. The Bertz CT molecular complexity index is 153. The lowest BCUT2D eigenvalue weighted by Crippen LogP contribution is -2.33. The minimum atomic E-state index is 0. The molecule has 0 spiro atoms. The van der Waals surface area contributed by atoms with Crippen LogP contribution in [0, 0.1) is 0 Å². The molecule has 2 rings (SSSR count). The summed E-state index contributed by atoms with van der Waals surface area (Å²) in [5, 5.41) is 0.893. The molecule has 4 N–H and O–H groups in total. The zero-order valence-corrected chi connectivity index (χ0v) is 9.66. The zero-order valence-electron chi connectivity index (χ0n) is 8.84. The van der Waals surface area contributed by atoms with Gasteiger partial charge in [-0.05, 0) is 25.7 Å². The molecule has 3 nitrogen and oxygen atoms in total. The summed E-state index contributed by atoms with van der Waals surface area (Å²) in [5.41, 5.74) is 0. The normalized spacial score (nSPS) is 25.5. The van der Waals surface area contributed by atoms with E-state index in [1.54, 1.807) is 0 Å². The third-order valence-corrected chi connectivity index (χ3v) is 4.81. The molecule has 2 aliphatic rings. The largest absolute Gasteiger partial charge is 0.412 e. The number of thioether (sulfide) groups is 1. The second-order valence-electron chi connectivity index (χ2n) is 4.23. The van der Waals surface area contributed by atoms with Crippen LogP contribution in [0.3, 0.4) is 0 Å². The second kappa shape index (κ2) is 5.95. The van der Waals surface area contributed by atoms with Crippen LogP contribution < -0.4 is 0 Å². The molecular weight excluding hydrogens is 200 g/mol. The fourth-order valence-corrected chi connectivity index (χ4v) is 3.75. The van der Waals surface area contributed by atoms with Gasteiger partial charge in [0.25, 0.3) is 0 Å². The van der Waals surface area contributed by atoms with Crippen LogP contribution in [0.25, 0.3) is 0 Å². The van der Waals surface area contributed by atoms with Crippen LogP contribution in [0.2, 0.25) is 0 Å². The van der Waals surface area contributed by atoms with Crippen molar-refractivity contribution in [3.63, 3.8) is 0 Å². The van der Waals surface area contributed by atoms with Crippen molar-refractivity contribution < 1.29 is 15.7 Å². The highest BCUT2D eigenvalue weighted by Gasteiger charge is 2.35. The maximum absolute atomic E-state index is 5.35. The van der Waals surface area contributed by atoms with E-state index in [4.69, 9.17) is 4.74 Å². The first-order valence-corrected chi connectivity index (χ1v) is 5.92. The molecule has 14 heavy (non-hydrogen) atoms. The Morgan fingerprint density at radius 2 is 1.71 bits per heavy atom. The number of hydrogen-bond donors (Lipinski definition) is 0. The highest BCUT2D eigenvalue weighted by Crippen LogP contribution is 2.47. The summed E-state index contributed by atoms with van der Waals surface area (Å²) in [6.07, 6.45) is 6.89. The van der Waals surface area contributed by atoms with E-state index in [-0.39, 0.29) is 11.0 Å². The van der Waals surface area contributed by atoms with E-state index >= 15 is 0 Å². The van der Waals surface area contributed by atoms with Gasteiger partial charge in [-0.3, -0.25) is 0 Å². The summed E-state index contributed by atoms with van der Waals surface area (Å²) < 4.78 is 5.99. The Morgan fingerprint density at radius 3 is 2.14 bits per heavy atom. The minimum Gasteiger partial charge on any atom is -0.412 e. The van der Waals surface area contributed by atoms with Crippen LogP contribution >= 0.6 is 11.8 Å². The second-order valence-corrected chi connectivity index (χ2v) is 6.12. The molecule has 1 saturated heterocycles. The van der Waals surface area contributed by atoms with Crippen molar-refractivity contribution in [2.75, 3.05) is 13.2 Å². The average molecular weight is 222 g/mol. The highest BCUT2D eigenvalue weighted by atomic mass is 32.2. The van der Waals surface area contributed by atoms with Crippen LogP contribution in [0.1, 0.15) is 39.0 Å². The van der Waals surface area contributed by atoms with Gasteiger partial charge >= 0.3 is 0 Å². The van der Waals surface area contributed by atoms with Gasteiger partial charge in [-0.1, -0.05) is 13.3 Å². The standard InChI is InChI=1S/C10H18OS.2H2O/c1-10(5-2-6-10)12-9-3-7-11-8-4-9;;/h9H,2-8H2,1H3;2*1H2. The third kappa shape index (κ3) is 3.42. The first-order chi connectivity index (χ1) is 5.79. The molecule has 1 aliphatic heterocycles. The van der Waals surface area contributed by atoms with Gasteiger partial charge in [0.2, 0.25) is 0 Å². The Labute approximate surface area is 90.2 Å². The SMILES string of the molecule is CC1(SC2CCOCC2)CCC1.O.O. The van der Waals surface area contributed by atoms with Gasteiger partial charge < -0.3 is 15.7 Å². The van der Waals surface area contributed by atoms with E-state index in [0.29, 0.717) is 4.75 Å². The molecule has 0 aromatic rings. The van der Waals surface area contributed by atoms with Crippen LogP contribution in [0.15, 0.2) is 0 Å². The smallest absolute Gasteiger partial charge is 0.0476 e. The Balaban J connectivity index is 0.000000845. The van der Waals surface area contributed by atoms with Gasteiger partial charge in [-0.15, -0.1) is 0 Å². The molecule has 1 saturated carbocycles. The van der Waals surface area contributed by atoms with Crippen LogP contribution in [-0.4, -0.2) is 34.2 Å². The van der Waals surface area contributed by atoms with Crippen molar-refractivity contribution in [3.8, 4) is 0 Å². The Morgan fingerprint density at radius 1 is 1.14 bits per heavy atom. The van der Waals surface area contributed by atoms with Gasteiger partial charge in [-0.2, -0.15) is 11.8 Å². The van der Waals surface area contributed by atoms with Crippen molar-refractivity contribution in [2.45, 2.75) is 49.0 Å². The van der Waals surface area contributed by atoms with Crippen molar-refractivity contribution in [1.82, 2.24) is 0 Å². The minimum absolute atomic E-state index is 0. The van der Waals surface area contributed by atoms with Crippen molar-refractivity contribution in [1.29, 1.82) is 0 Å². The number of rotatable bonds is 2. The molecule has 0 bridgehead atoms. The quantitative estimate of drug-likeness (QED) is 0.704. The lowest BCUT2D eigenvalue weighted by atomic mass is 9.86. The summed E-state index contributed by atoms with van der Waals surface area (Å²) in [7, 11) is 0. The lowest BCUT2D eigenvalue weighted by Gasteiger charge is -2.41. The van der Waals surface area contributed by atoms with E-state index in [1.165, 1.54) is 32.1 Å². The fraction of sp³-hybridized carbons (Fsp3) is 1.00. The molecule has 0 aromatic carbocycles. The topological polar surface area (TPSA) is 72.2 Å². The van der Waals surface area contributed by atoms with E-state index in [2.05, 4.69) is 18.7 Å². The van der Waals surface area contributed by atoms with Gasteiger partial charge in [0.05, 0.1) is 0 Å². The molecule has 4 heteroatoms. The predicted octanol–water partition coefficient (Wildman–Crippen LogP) is 1.19. The van der Waals surface area contributed by atoms with Crippen LogP contribution in [-0.2, 0) is 4.74 Å². The van der Waals surface area contributed by atoms with Crippen molar-refractivity contribution >= 4 is 11.8 Å². The molecule has 0 amide bonds. The van der Waals surface area contributed by atoms with Crippen molar-refractivity contribution in [2.24, 2.45) is 0 Å². The maximum Gasteiger partial charge on any atom is 0.0476 e. The summed E-state index contributed by atoms with van der Waals surface area (Å²) >= 11 is 2.23. The zero-order chi connectivity index (χ0) is 8.44. The van der Waals surface area contributed by atoms with Gasteiger partial charge in [0.15, 0.2) is 0 Å². The Hall–Kier alpha value is 0.230. The van der Waals surface area contributed by atoms with E-state index < -0.39 is 0 Å². The molecule has 1 aliphatic carbocycles. The molecule has 0 radical (unpaired) electrons. The monoisotopic (exact) mass is 222 g/mol. The lowest BCUT2D eigenvalue weighted by molar-refractivity contribution is 0.0996. The molecule has 0 atom stereocenters. The predicted molar refractivity (Wildman–Crippen MR) is 60.9 cm³/mol. The average Bonchev–Trinajstić information content (AvgIpc) is 2.04. The summed E-state index contributed by atoms with van der Waals surface area (Å²) in [4.78, 5) is 0. The Kier molecular flexibility index (Phi) is 6.05. The maximum atomic E-state index is 5.35. The van der Waals surface area contributed by atoms with E-state index in [0.717, 1.165) is 18.5 Å². The fourth-order valence-electron chi connectivity index (χ4n) is 1.99. The molecular formula is C10H22O3S. The molecule has 2 fully saturated rings. The molecule has 86 valence electrons. The van der Waals surface area contributed by atoms with Gasteiger partial charge in [-0.25, -0.2) is 0 Å². The number of ether oxygens (including phenoxy) is 1. The summed E-state index contributed by atoms with van der Waals surface area (Å²) in [5.74, 6) is 0. The van der Waals surface area contributed by atoms with Gasteiger partial charge in [0, 0.05) is 23.2 Å². The van der Waals surface area contributed by atoms with E-state index in [1.807, 2.05) is 0 Å². The number of hydrogen-bond acceptors (Lipinski definition) is 2. The van der Waals surface area contributed by atoms with Crippen LogP contribution in [0.4, 0.5) is 0 Å². The summed E-state index contributed by atoms with van der Waals surface area (Å²) in [6, 6.07) is 0. The molecule has 1 heterocycles. The first kappa shape index (κ1) is 14.2. The van der Waals surface area contributed by atoms with Crippen LogP contribution in [0.5, 0.6) is 0 Å².